The normalized spacial score (nSPS) is 25.6. The predicted octanol–water partition coefficient (Wildman–Crippen LogP) is 3.70. The molecule has 1 aromatic rings. The maximum Gasteiger partial charge on any atom is 0.417 e. The van der Waals surface area contributed by atoms with Gasteiger partial charge in [-0.2, -0.15) is 13.2 Å². The highest BCUT2D eigenvalue weighted by molar-refractivity contribution is 5.70. The van der Waals surface area contributed by atoms with E-state index in [9.17, 15) is 27.9 Å². The van der Waals surface area contributed by atoms with Crippen molar-refractivity contribution in [3.8, 4) is 0 Å². The van der Waals surface area contributed by atoms with Crippen LogP contribution in [0.4, 0.5) is 24.7 Å². The van der Waals surface area contributed by atoms with Crippen molar-refractivity contribution in [2.24, 2.45) is 18.4 Å². The van der Waals surface area contributed by atoms with E-state index >= 15 is 0 Å². The number of anilines is 2. The van der Waals surface area contributed by atoms with Crippen LogP contribution in [0.2, 0.25) is 0 Å². The van der Waals surface area contributed by atoms with Crippen LogP contribution in [-0.4, -0.2) is 52.9 Å². The first-order valence-electron chi connectivity index (χ1n) is 12.6. The van der Waals surface area contributed by atoms with Crippen LogP contribution >= 0.6 is 0 Å². The average Bonchev–Trinajstić information content (AvgIpc) is 3.56. The quantitative estimate of drug-likeness (QED) is 0.612. The van der Waals surface area contributed by atoms with E-state index in [1.54, 1.807) is 7.05 Å². The van der Waals surface area contributed by atoms with Crippen molar-refractivity contribution in [1.29, 1.82) is 0 Å². The van der Waals surface area contributed by atoms with Crippen LogP contribution in [0.25, 0.3) is 0 Å². The number of halogens is 3. The first-order chi connectivity index (χ1) is 16.5. The third-order valence-corrected chi connectivity index (χ3v) is 7.06. The van der Waals surface area contributed by atoms with Gasteiger partial charge in [-0.3, -0.25) is 13.9 Å². The van der Waals surface area contributed by atoms with Gasteiger partial charge < -0.3 is 20.1 Å². The molecule has 0 saturated heterocycles. The molecule has 2 heterocycles. The summed E-state index contributed by atoms with van der Waals surface area (Å²) in [5, 5.41) is 13.2. The molecule has 202 valence electrons. The zero-order chi connectivity index (χ0) is 26.6. The highest BCUT2D eigenvalue weighted by Crippen LogP contribution is 2.48. The molecule has 2 N–H and O–H groups in total. The number of rotatable bonds is 6. The molecule has 1 aliphatic heterocycles. The third-order valence-electron chi connectivity index (χ3n) is 7.06. The van der Waals surface area contributed by atoms with Gasteiger partial charge in [0.05, 0.1) is 13.3 Å². The predicted molar refractivity (Wildman–Crippen MR) is 131 cm³/mol. The molecule has 2 saturated carbocycles. The molecule has 1 aromatic heterocycles. The molecule has 0 aromatic carbocycles. The summed E-state index contributed by atoms with van der Waals surface area (Å²) in [6, 6.07) is 0. The second kappa shape index (κ2) is 11.4. The lowest BCUT2D eigenvalue weighted by molar-refractivity contribution is -0.277. The monoisotopic (exact) mass is 506 g/mol. The smallest absolute Gasteiger partial charge is 0.384 e. The lowest BCUT2D eigenvalue weighted by Crippen LogP contribution is -2.53. The van der Waals surface area contributed by atoms with Gasteiger partial charge in [0.25, 0.3) is 5.56 Å². The Bertz CT molecular complexity index is 961. The Balaban J connectivity index is 0.00000103. The number of hydrogen-bond donors (Lipinski definition) is 2. The molecule has 2 aliphatic carbocycles. The Morgan fingerprint density at radius 3 is 2.14 bits per heavy atom. The van der Waals surface area contributed by atoms with Gasteiger partial charge in [-0.1, -0.05) is 27.7 Å². The summed E-state index contributed by atoms with van der Waals surface area (Å²) in [6.45, 7) is 9.22. The zero-order valence-corrected chi connectivity index (χ0v) is 21.8. The molecule has 8 nitrogen and oxygen atoms in total. The van der Waals surface area contributed by atoms with Crippen molar-refractivity contribution in [1.82, 2.24) is 9.13 Å². The van der Waals surface area contributed by atoms with Crippen LogP contribution in [0.1, 0.15) is 66.2 Å². The third kappa shape index (κ3) is 5.87. The van der Waals surface area contributed by atoms with Crippen LogP contribution in [0.15, 0.2) is 9.59 Å². The van der Waals surface area contributed by atoms with E-state index in [0.29, 0.717) is 24.1 Å². The van der Waals surface area contributed by atoms with Crippen molar-refractivity contribution in [2.45, 2.75) is 84.5 Å². The number of methoxy groups -OCH3 is 1. The molecule has 0 spiro atoms. The molecule has 35 heavy (non-hydrogen) atoms. The Morgan fingerprint density at radius 1 is 1.09 bits per heavy atom. The number of hydrogen-bond acceptors (Lipinski definition) is 6. The van der Waals surface area contributed by atoms with Crippen molar-refractivity contribution in [3.63, 3.8) is 0 Å². The van der Waals surface area contributed by atoms with Crippen molar-refractivity contribution in [2.75, 3.05) is 37.1 Å². The van der Waals surface area contributed by atoms with Gasteiger partial charge in [-0.05, 0) is 44.4 Å². The zero-order valence-electron chi connectivity index (χ0n) is 21.8. The standard InChI is InChI=1S/C20H29F3N4O4.2C2H6/c1-25-15-14(26(12-24-15)9-13-3-4-13)16(28)27(17(25)29)10-18(11-31-2)5-7-19(30,8-6-18)20(21,22)23;2*1-2/h13,24,30H,3-12H2,1-2H3;2*1-2H3. The average molecular weight is 507 g/mol. The molecule has 0 radical (unpaired) electrons. The summed E-state index contributed by atoms with van der Waals surface area (Å²) >= 11 is 0. The van der Waals surface area contributed by atoms with Gasteiger partial charge in [-0.25, -0.2) is 4.79 Å². The molecule has 0 unspecified atom stereocenters. The fourth-order valence-electron chi connectivity index (χ4n) is 4.86. The fourth-order valence-corrected chi connectivity index (χ4v) is 4.86. The summed E-state index contributed by atoms with van der Waals surface area (Å²) in [5.41, 5.74) is -4.11. The van der Waals surface area contributed by atoms with Crippen LogP contribution < -0.4 is 21.5 Å². The molecule has 4 rings (SSSR count). The number of fused-ring (bicyclic) bond motifs is 1. The van der Waals surface area contributed by atoms with Crippen LogP contribution in [0.5, 0.6) is 0 Å². The number of nitrogens with one attached hydrogen (secondary N) is 1. The number of aromatic nitrogens is 2. The minimum Gasteiger partial charge on any atom is -0.384 e. The van der Waals surface area contributed by atoms with Gasteiger partial charge in [0, 0.05) is 32.7 Å². The van der Waals surface area contributed by atoms with Crippen molar-refractivity contribution < 1.29 is 23.0 Å². The second-order valence-electron chi connectivity index (χ2n) is 9.39. The molecule has 0 bridgehead atoms. The van der Waals surface area contributed by atoms with Gasteiger partial charge in [-0.15, -0.1) is 0 Å². The molecule has 0 atom stereocenters. The Hall–Kier alpha value is -2.01. The number of ether oxygens (including phenoxy) is 1. The van der Waals surface area contributed by atoms with Crippen molar-refractivity contribution in [3.05, 3.63) is 20.8 Å². The van der Waals surface area contributed by atoms with E-state index < -0.39 is 41.3 Å². The minimum atomic E-state index is -4.72. The Kier molecular flexibility index (Phi) is 9.49. The number of nitrogens with zero attached hydrogens (tertiary/aromatic N) is 3. The first-order valence-corrected chi connectivity index (χ1v) is 12.6. The van der Waals surface area contributed by atoms with E-state index in [-0.39, 0.29) is 26.0 Å². The van der Waals surface area contributed by atoms with E-state index in [4.69, 9.17) is 4.74 Å². The Morgan fingerprint density at radius 2 is 1.66 bits per heavy atom. The summed E-state index contributed by atoms with van der Waals surface area (Å²) in [5.74, 6) is 1.01. The molecular formula is C24H41F3N4O4. The number of alkyl halides is 3. The summed E-state index contributed by atoms with van der Waals surface area (Å²) in [6.07, 6.45) is -3.48. The Labute approximate surface area is 205 Å². The molecule has 2 fully saturated rings. The van der Waals surface area contributed by atoms with Crippen LogP contribution in [0.3, 0.4) is 0 Å². The number of aliphatic hydroxyl groups is 1. The fraction of sp³-hybridized carbons (Fsp3) is 0.833. The van der Waals surface area contributed by atoms with E-state index in [1.165, 1.54) is 11.7 Å². The molecule has 0 amide bonds. The molecule has 3 aliphatic rings. The first kappa shape index (κ1) is 29.2. The van der Waals surface area contributed by atoms with Gasteiger partial charge in [0.2, 0.25) is 0 Å². The molecule has 11 heteroatoms. The minimum absolute atomic E-state index is 0.00638. The van der Waals surface area contributed by atoms with Gasteiger partial charge in [0.1, 0.15) is 11.5 Å². The second-order valence-corrected chi connectivity index (χ2v) is 9.39. The van der Waals surface area contributed by atoms with Crippen LogP contribution in [0, 0.1) is 11.3 Å². The summed E-state index contributed by atoms with van der Waals surface area (Å²) in [4.78, 5) is 28.3. The highest BCUT2D eigenvalue weighted by atomic mass is 19.4. The lowest BCUT2D eigenvalue weighted by Gasteiger charge is -2.44. The summed E-state index contributed by atoms with van der Waals surface area (Å²) < 4.78 is 47.6. The summed E-state index contributed by atoms with van der Waals surface area (Å²) in [7, 11) is 3.02. The maximum atomic E-state index is 13.4. The van der Waals surface area contributed by atoms with Gasteiger partial charge >= 0.3 is 11.9 Å². The van der Waals surface area contributed by atoms with Crippen LogP contribution in [-0.2, 0) is 18.3 Å². The highest BCUT2D eigenvalue weighted by Gasteiger charge is 2.57. The lowest BCUT2D eigenvalue weighted by atomic mass is 9.68. The maximum absolute atomic E-state index is 13.4. The topological polar surface area (TPSA) is 88.7 Å². The van der Waals surface area contributed by atoms with E-state index in [2.05, 4.69) is 5.32 Å². The van der Waals surface area contributed by atoms with Crippen molar-refractivity contribution >= 4 is 11.5 Å². The van der Waals surface area contributed by atoms with E-state index in [1.807, 2.05) is 32.6 Å². The largest absolute Gasteiger partial charge is 0.417 e. The SMILES string of the molecule is CC.CC.COCC1(Cn2c(=O)c3c(n(C)c2=O)NCN3CC2CC2)CCC(O)(C(F)(F)F)CC1. The van der Waals surface area contributed by atoms with E-state index in [0.717, 1.165) is 24.0 Å². The molecular weight excluding hydrogens is 465 g/mol. The van der Waals surface area contributed by atoms with Gasteiger partial charge in [0.15, 0.2) is 5.60 Å².